The van der Waals surface area contributed by atoms with Crippen LogP contribution < -0.4 is 5.48 Å². The van der Waals surface area contributed by atoms with Crippen LogP contribution in [0.3, 0.4) is 0 Å². The number of carbonyl (C=O) groups is 2. The van der Waals surface area contributed by atoms with E-state index in [1.807, 2.05) is 35.7 Å². The summed E-state index contributed by atoms with van der Waals surface area (Å²) in [6.07, 6.45) is 4.76. The molecule has 2 saturated heterocycles. The van der Waals surface area contributed by atoms with Crippen LogP contribution in [0.2, 0.25) is 0 Å². The highest BCUT2D eigenvalue weighted by atomic mass is 32.2. The predicted molar refractivity (Wildman–Crippen MR) is 163 cm³/mol. The summed E-state index contributed by atoms with van der Waals surface area (Å²) >= 11 is 2.75. The van der Waals surface area contributed by atoms with Crippen LogP contribution in [0.25, 0.3) is 21.9 Å². The maximum atomic E-state index is 14.1. The van der Waals surface area contributed by atoms with Crippen LogP contribution >= 0.6 is 22.7 Å². The molecule has 0 aliphatic carbocycles. The molecule has 226 valence electrons. The van der Waals surface area contributed by atoms with Gasteiger partial charge in [0.25, 0.3) is 5.91 Å². The summed E-state index contributed by atoms with van der Waals surface area (Å²) < 4.78 is 37.7. The van der Waals surface area contributed by atoms with Crippen molar-refractivity contribution in [2.75, 3.05) is 25.4 Å². The van der Waals surface area contributed by atoms with Crippen molar-refractivity contribution in [3.8, 4) is 21.9 Å². The number of benzene rings is 1. The molecule has 0 spiro atoms. The number of sulfone groups is 1. The number of thiophene rings is 2. The van der Waals surface area contributed by atoms with Gasteiger partial charge in [-0.05, 0) is 60.5 Å². The maximum absolute atomic E-state index is 14.1. The molecule has 1 N–H and O–H groups in total. The highest BCUT2D eigenvalue weighted by molar-refractivity contribution is 7.92. The van der Waals surface area contributed by atoms with E-state index in [2.05, 4.69) is 10.5 Å². The normalized spacial score (nSPS) is 22.1. The maximum Gasteiger partial charge on any atom is 0.254 e. The van der Waals surface area contributed by atoms with Crippen molar-refractivity contribution in [2.24, 2.45) is 0 Å². The van der Waals surface area contributed by atoms with Crippen molar-refractivity contribution < 1.29 is 32.0 Å². The van der Waals surface area contributed by atoms with Gasteiger partial charge in [-0.25, -0.2) is 23.7 Å². The van der Waals surface area contributed by atoms with Crippen LogP contribution in [0.15, 0.2) is 70.1 Å². The Labute approximate surface area is 257 Å². The summed E-state index contributed by atoms with van der Waals surface area (Å²) in [6, 6.07) is 13.0. The predicted octanol–water partition coefficient (Wildman–Crippen LogP) is 5.25. The van der Waals surface area contributed by atoms with Gasteiger partial charge >= 0.3 is 0 Å². The fourth-order valence-electron chi connectivity index (χ4n) is 5.45. The van der Waals surface area contributed by atoms with Gasteiger partial charge in [-0.3, -0.25) is 9.59 Å². The van der Waals surface area contributed by atoms with Gasteiger partial charge in [0.05, 0.1) is 23.9 Å². The number of hydrogen-bond donors (Lipinski definition) is 1. The molecule has 2 aliphatic rings. The summed E-state index contributed by atoms with van der Waals surface area (Å²) in [7, 11) is -3.90. The van der Waals surface area contributed by atoms with Crippen LogP contribution in [0, 0.1) is 0 Å². The lowest BCUT2D eigenvalue weighted by Crippen LogP contribution is -2.43. The Morgan fingerprint density at radius 3 is 2.65 bits per heavy atom. The first-order chi connectivity index (χ1) is 20.8. The first kappa shape index (κ1) is 29.7. The number of nitrogens with one attached hydrogen (secondary N) is 1. The number of hydrogen-bond acceptors (Lipinski definition) is 10. The molecule has 2 aliphatic heterocycles. The van der Waals surface area contributed by atoms with E-state index in [1.165, 1.54) is 28.9 Å². The Morgan fingerprint density at radius 1 is 1.09 bits per heavy atom. The van der Waals surface area contributed by atoms with E-state index in [4.69, 9.17) is 14.0 Å². The van der Waals surface area contributed by atoms with Gasteiger partial charge in [0, 0.05) is 46.8 Å². The zero-order valence-electron chi connectivity index (χ0n) is 23.3. The first-order valence-corrected chi connectivity index (χ1v) is 17.5. The van der Waals surface area contributed by atoms with Gasteiger partial charge in [-0.15, -0.1) is 11.3 Å². The molecular weight excluding hydrogens is 611 g/mol. The summed E-state index contributed by atoms with van der Waals surface area (Å²) in [5.74, 6) is -0.524. The Bertz CT molecular complexity index is 1640. The number of aromatic nitrogens is 1. The van der Waals surface area contributed by atoms with Gasteiger partial charge in [0.2, 0.25) is 11.8 Å². The summed E-state index contributed by atoms with van der Waals surface area (Å²) in [5.41, 5.74) is 4.69. The molecule has 13 heteroatoms. The Kier molecular flexibility index (Phi) is 8.78. The molecule has 2 unspecified atom stereocenters. The molecule has 10 nitrogen and oxygen atoms in total. The van der Waals surface area contributed by atoms with Gasteiger partial charge in [-0.1, -0.05) is 12.1 Å². The van der Waals surface area contributed by atoms with Crippen LogP contribution in [0.1, 0.15) is 47.3 Å². The van der Waals surface area contributed by atoms with E-state index in [-0.39, 0.29) is 37.6 Å². The monoisotopic (exact) mass is 641 g/mol. The second kappa shape index (κ2) is 12.7. The molecule has 0 radical (unpaired) electrons. The third-order valence-electron chi connectivity index (χ3n) is 7.86. The Morgan fingerprint density at radius 2 is 1.93 bits per heavy atom. The van der Waals surface area contributed by atoms with Gasteiger partial charge < -0.3 is 14.1 Å². The van der Waals surface area contributed by atoms with Crippen molar-refractivity contribution >= 4 is 44.3 Å². The number of ether oxygens (including phenoxy) is 1. The lowest BCUT2D eigenvalue weighted by atomic mass is 9.97. The van der Waals surface area contributed by atoms with Crippen LogP contribution in [-0.2, 0) is 29.0 Å². The number of rotatable bonds is 8. The average Bonchev–Trinajstić information content (AvgIpc) is 3.82. The summed E-state index contributed by atoms with van der Waals surface area (Å²) in [6.45, 7) is 0.781. The van der Waals surface area contributed by atoms with E-state index in [9.17, 15) is 18.0 Å². The highest BCUT2D eigenvalue weighted by Crippen LogP contribution is 2.45. The van der Waals surface area contributed by atoms with Gasteiger partial charge in [-0.2, -0.15) is 11.3 Å². The Hall–Kier alpha value is -3.36. The average molecular weight is 642 g/mol. The number of nitrogens with zero attached hydrogens (tertiary/aromatic N) is 2. The van der Waals surface area contributed by atoms with E-state index in [0.29, 0.717) is 29.4 Å². The topological polar surface area (TPSA) is 128 Å². The molecule has 1 aromatic carbocycles. The molecule has 0 bridgehead atoms. The molecule has 2 amide bonds. The number of amides is 2. The van der Waals surface area contributed by atoms with Crippen LogP contribution in [0.5, 0.6) is 0 Å². The van der Waals surface area contributed by atoms with E-state index >= 15 is 0 Å². The van der Waals surface area contributed by atoms with E-state index < -0.39 is 26.8 Å². The molecule has 0 saturated carbocycles. The largest absolute Gasteiger partial charge is 0.445 e. The lowest BCUT2D eigenvalue weighted by molar-refractivity contribution is -0.200. The second-order valence-corrected chi connectivity index (χ2v) is 14.8. The van der Waals surface area contributed by atoms with Crippen LogP contribution in [-0.4, -0.2) is 61.9 Å². The molecule has 5 heterocycles. The SMILES string of the molecule is O=C(CC1(c2ccc(-c3ccc(-c4ncco4)cc3)s2)CCN(C(=O)c2ccsc2)CCS1(=O)=O)NOC1CCCCO1. The summed E-state index contributed by atoms with van der Waals surface area (Å²) in [4.78, 5) is 39.2. The van der Waals surface area contributed by atoms with Crippen molar-refractivity contribution in [1.29, 1.82) is 0 Å². The fourth-order valence-corrected chi connectivity index (χ4v) is 9.69. The minimum atomic E-state index is -3.90. The highest BCUT2D eigenvalue weighted by Gasteiger charge is 2.50. The van der Waals surface area contributed by atoms with Crippen molar-refractivity contribution in [1.82, 2.24) is 15.4 Å². The summed E-state index contributed by atoms with van der Waals surface area (Å²) in [5, 5.41) is 3.57. The molecule has 2 fully saturated rings. The smallest absolute Gasteiger partial charge is 0.254 e. The van der Waals surface area contributed by atoms with Gasteiger partial charge in [0.15, 0.2) is 16.1 Å². The van der Waals surface area contributed by atoms with Crippen molar-refractivity contribution in [2.45, 2.75) is 43.1 Å². The van der Waals surface area contributed by atoms with Gasteiger partial charge in [0.1, 0.15) is 11.0 Å². The van der Waals surface area contributed by atoms with Crippen molar-refractivity contribution in [3.63, 3.8) is 0 Å². The molecule has 2 atom stereocenters. The second-order valence-electron chi connectivity index (χ2n) is 10.6. The zero-order chi connectivity index (χ0) is 29.9. The molecule has 43 heavy (non-hydrogen) atoms. The minimum absolute atomic E-state index is 0.0489. The van der Waals surface area contributed by atoms with E-state index in [0.717, 1.165) is 28.8 Å². The fraction of sp³-hybridized carbons (Fsp3) is 0.367. The third-order valence-corrected chi connectivity index (χ3v) is 12.5. The Balaban J connectivity index is 1.29. The molecule has 4 aromatic rings. The number of hydroxylamine groups is 1. The van der Waals surface area contributed by atoms with E-state index in [1.54, 1.807) is 28.6 Å². The van der Waals surface area contributed by atoms with Crippen LogP contribution in [0.4, 0.5) is 0 Å². The standard InChI is InChI=1S/C30H31N3O7S3/c34-26(32-40-27-3-1-2-15-38-27)19-30(11-13-33(14-18-43(30,36)37)29(35)23-10-17-41-20-23)25-9-8-24(42-25)21-4-6-22(7-5-21)28-31-12-16-39-28/h4-10,12,16-17,20,27H,1-3,11,13-15,18-19H2,(H,32,34). The number of carbonyl (C=O) groups excluding carboxylic acids is 2. The number of oxazole rings is 1. The zero-order valence-corrected chi connectivity index (χ0v) is 25.7. The molecular formula is C30H31N3O7S3. The minimum Gasteiger partial charge on any atom is -0.445 e. The molecule has 6 rings (SSSR count). The first-order valence-electron chi connectivity index (χ1n) is 14.1. The lowest BCUT2D eigenvalue weighted by Gasteiger charge is -2.31. The third kappa shape index (κ3) is 6.31. The van der Waals surface area contributed by atoms with Crippen molar-refractivity contribution in [3.05, 3.63) is 76.1 Å². The quantitative estimate of drug-likeness (QED) is 0.259. The molecule has 3 aromatic heterocycles.